The van der Waals surface area contributed by atoms with Crippen LogP contribution in [-0.2, 0) is 9.53 Å². The molecule has 0 aromatic heterocycles. The third-order valence-electron chi connectivity index (χ3n) is 2.45. The Morgan fingerprint density at radius 1 is 1.64 bits per heavy atom. The number of rotatable bonds is 3. The lowest BCUT2D eigenvalue weighted by Crippen LogP contribution is -2.40. The summed E-state index contributed by atoms with van der Waals surface area (Å²) in [5, 5.41) is 0. The molecule has 0 radical (unpaired) electrons. The molecule has 0 aromatic carbocycles. The van der Waals surface area contributed by atoms with E-state index in [4.69, 9.17) is 10.5 Å². The van der Waals surface area contributed by atoms with Gasteiger partial charge < -0.3 is 15.4 Å². The molecule has 0 saturated carbocycles. The van der Waals surface area contributed by atoms with Gasteiger partial charge in [-0.05, 0) is 19.9 Å². The molecule has 2 N–H and O–H groups in total. The van der Waals surface area contributed by atoms with Crippen LogP contribution in [0.5, 0.6) is 0 Å². The number of likely N-dealkylation sites (tertiary alicyclic amines) is 1. The van der Waals surface area contributed by atoms with Crippen LogP contribution in [0.3, 0.4) is 0 Å². The zero-order valence-electron chi connectivity index (χ0n) is 8.48. The Kier molecular flexibility index (Phi) is 4.71. The fraction of sp³-hybridized carbons (Fsp3) is 0.889. The largest absolute Gasteiger partial charge is 0.461 e. The standard InChI is InChI=1S/C9H18N2O2S/c1-11-4-2-7(3-5-11)13-9(12)8(10)6-14/h7-8,14H,2-6,10H2,1H3/t8-/m1/s1. The van der Waals surface area contributed by atoms with Gasteiger partial charge in [-0.2, -0.15) is 12.6 Å². The summed E-state index contributed by atoms with van der Waals surface area (Å²) in [6.45, 7) is 1.96. The smallest absolute Gasteiger partial charge is 0.324 e. The normalized spacial score (nSPS) is 21.9. The van der Waals surface area contributed by atoms with Crippen LogP contribution in [0.1, 0.15) is 12.8 Å². The van der Waals surface area contributed by atoms with Crippen molar-refractivity contribution in [2.75, 3.05) is 25.9 Å². The predicted octanol–water partition coefficient (Wildman–Crippen LogP) is -0.119. The number of carbonyl (C=O) groups is 1. The zero-order chi connectivity index (χ0) is 10.6. The molecule has 1 aliphatic rings. The number of thiol groups is 1. The monoisotopic (exact) mass is 218 g/mol. The van der Waals surface area contributed by atoms with E-state index in [-0.39, 0.29) is 12.1 Å². The third kappa shape index (κ3) is 3.48. The number of esters is 1. The Bertz CT molecular complexity index is 193. The first-order valence-corrected chi connectivity index (χ1v) is 5.52. The van der Waals surface area contributed by atoms with E-state index in [1.54, 1.807) is 0 Å². The number of nitrogens with two attached hydrogens (primary N) is 1. The van der Waals surface area contributed by atoms with Gasteiger partial charge >= 0.3 is 5.97 Å². The molecule has 0 aromatic rings. The molecule has 0 amide bonds. The highest BCUT2D eigenvalue weighted by Crippen LogP contribution is 2.12. The highest BCUT2D eigenvalue weighted by molar-refractivity contribution is 7.80. The van der Waals surface area contributed by atoms with Crippen LogP contribution < -0.4 is 5.73 Å². The fourth-order valence-corrected chi connectivity index (χ4v) is 1.58. The quantitative estimate of drug-likeness (QED) is 0.512. The predicted molar refractivity (Wildman–Crippen MR) is 58.4 cm³/mol. The van der Waals surface area contributed by atoms with Gasteiger partial charge in [-0.15, -0.1) is 0 Å². The summed E-state index contributed by atoms with van der Waals surface area (Å²) in [5.41, 5.74) is 5.50. The lowest BCUT2D eigenvalue weighted by molar-refractivity contribution is -0.152. The molecule has 5 heteroatoms. The summed E-state index contributed by atoms with van der Waals surface area (Å²) in [6.07, 6.45) is 1.85. The highest BCUT2D eigenvalue weighted by atomic mass is 32.1. The summed E-state index contributed by atoms with van der Waals surface area (Å²) in [6, 6.07) is -0.585. The van der Waals surface area contributed by atoms with Gasteiger partial charge in [0.25, 0.3) is 0 Å². The molecule has 1 aliphatic heterocycles. The lowest BCUT2D eigenvalue weighted by Gasteiger charge is -2.29. The highest BCUT2D eigenvalue weighted by Gasteiger charge is 2.22. The van der Waals surface area contributed by atoms with Crippen molar-refractivity contribution in [2.45, 2.75) is 25.0 Å². The Morgan fingerprint density at radius 3 is 2.71 bits per heavy atom. The minimum Gasteiger partial charge on any atom is -0.461 e. The van der Waals surface area contributed by atoms with E-state index in [1.807, 2.05) is 0 Å². The van der Waals surface area contributed by atoms with Crippen LogP contribution in [0.25, 0.3) is 0 Å². The van der Waals surface area contributed by atoms with Gasteiger partial charge in [0.1, 0.15) is 12.1 Å². The minimum absolute atomic E-state index is 0.0460. The molecule has 0 aliphatic carbocycles. The average molecular weight is 218 g/mol. The van der Waals surface area contributed by atoms with Crippen molar-refractivity contribution < 1.29 is 9.53 Å². The maximum atomic E-state index is 11.3. The van der Waals surface area contributed by atoms with Crippen molar-refractivity contribution in [3.63, 3.8) is 0 Å². The Labute approximate surface area is 90.2 Å². The second kappa shape index (κ2) is 5.58. The van der Waals surface area contributed by atoms with Crippen molar-refractivity contribution in [1.82, 2.24) is 4.90 Å². The van der Waals surface area contributed by atoms with Crippen molar-refractivity contribution in [1.29, 1.82) is 0 Å². The first-order chi connectivity index (χ1) is 6.63. The third-order valence-corrected chi connectivity index (χ3v) is 2.84. The maximum Gasteiger partial charge on any atom is 0.324 e. The van der Waals surface area contributed by atoms with Crippen LogP contribution in [-0.4, -0.2) is 48.9 Å². The summed E-state index contributed by atoms with van der Waals surface area (Å²) in [7, 11) is 2.07. The molecule has 14 heavy (non-hydrogen) atoms. The Hall–Kier alpha value is -0.260. The van der Waals surface area contributed by atoms with Crippen molar-refractivity contribution in [3.05, 3.63) is 0 Å². The van der Waals surface area contributed by atoms with E-state index in [0.717, 1.165) is 25.9 Å². The van der Waals surface area contributed by atoms with Gasteiger partial charge in [-0.3, -0.25) is 4.79 Å². The molecule has 1 atom stereocenters. The van der Waals surface area contributed by atoms with Gasteiger partial charge in [0.2, 0.25) is 0 Å². The van der Waals surface area contributed by atoms with Crippen LogP contribution >= 0.6 is 12.6 Å². The Morgan fingerprint density at radius 2 is 2.21 bits per heavy atom. The summed E-state index contributed by atoms with van der Waals surface area (Å²) >= 11 is 3.95. The summed E-state index contributed by atoms with van der Waals surface area (Å²) in [5.74, 6) is 0.0143. The van der Waals surface area contributed by atoms with E-state index in [9.17, 15) is 4.79 Å². The Balaban J connectivity index is 2.27. The minimum atomic E-state index is -0.585. The second-order valence-corrected chi connectivity index (χ2v) is 4.09. The first kappa shape index (κ1) is 11.8. The average Bonchev–Trinajstić information content (AvgIpc) is 2.20. The molecule has 1 heterocycles. The van der Waals surface area contributed by atoms with Crippen molar-refractivity contribution in [2.24, 2.45) is 5.73 Å². The molecule has 1 fully saturated rings. The first-order valence-electron chi connectivity index (χ1n) is 4.89. The number of nitrogens with zero attached hydrogens (tertiary/aromatic N) is 1. The zero-order valence-corrected chi connectivity index (χ0v) is 9.37. The molecule has 4 nitrogen and oxygen atoms in total. The van der Waals surface area contributed by atoms with Crippen LogP contribution in [0, 0.1) is 0 Å². The number of hydrogen-bond acceptors (Lipinski definition) is 5. The van der Waals surface area contributed by atoms with Crippen molar-refractivity contribution in [3.8, 4) is 0 Å². The van der Waals surface area contributed by atoms with E-state index < -0.39 is 6.04 Å². The van der Waals surface area contributed by atoms with Gasteiger partial charge in [-0.1, -0.05) is 0 Å². The second-order valence-electron chi connectivity index (χ2n) is 3.73. The molecule has 82 valence electrons. The van der Waals surface area contributed by atoms with Gasteiger partial charge in [0.05, 0.1) is 0 Å². The molecular weight excluding hydrogens is 200 g/mol. The number of piperidine rings is 1. The number of hydrogen-bond donors (Lipinski definition) is 2. The van der Waals surface area contributed by atoms with E-state index in [0.29, 0.717) is 5.75 Å². The van der Waals surface area contributed by atoms with Gasteiger partial charge in [0, 0.05) is 18.8 Å². The number of carbonyl (C=O) groups excluding carboxylic acids is 1. The topological polar surface area (TPSA) is 55.6 Å². The van der Waals surface area contributed by atoms with E-state index >= 15 is 0 Å². The molecule has 0 bridgehead atoms. The SMILES string of the molecule is CN1CCC(OC(=O)[C@H](N)CS)CC1. The number of ether oxygens (including phenoxy) is 1. The maximum absolute atomic E-state index is 11.3. The summed E-state index contributed by atoms with van der Waals surface area (Å²) < 4.78 is 5.25. The van der Waals surface area contributed by atoms with Crippen molar-refractivity contribution >= 4 is 18.6 Å². The lowest BCUT2D eigenvalue weighted by atomic mass is 10.1. The van der Waals surface area contributed by atoms with Gasteiger partial charge in [0.15, 0.2) is 0 Å². The van der Waals surface area contributed by atoms with Crippen LogP contribution in [0.2, 0.25) is 0 Å². The van der Waals surface area contributed by atoms with Crippen LogP contribution in [0.15, 0.2) is 0 Å². The molecule has 0 spiro atoms. The molecule has 0 unspecified atom stereocenters. The summed E-state index contributed by atoms with van der Waals surface area (Å²) in [4.78, 5) is 13.5. The fourth-order valence-electron chi connectivity index (χ4n) is 1.43. The van der Waals surface area contributed by atoms with Gasteiger partial charge in [-0.25, -0.2) is 0 Å². The molecule has 1 saturated heterocycles. The molecule has 1 rings (SSSR count). The molecular formula is C9H18N2O2S. The van der Waals surface area contributed by atoms with E-state index in [1.165, 1.54) is 0 Å². The van der Waals surface area contributed by atoms with Crippen LogP contribution in [0.4, 0.5) is 0 Å². The van der Waals surface area contributed by atoms with E-state index in [2.05, 4.69) is 24.6 Å².